The van der Waals surface area contributed by atoms with Crippen LogP contribution in [-0.2, 0) is 9.53 Å². The highest BCUT2D eigenvalue weighted by atomic mass is 32.2. The van der Waals surface area contributed by atoms with E-state index >= 15 is 0 Å². The van der Waals surface area contributed by atoms with Gasteiger partial charge in [0.1, 0.15) is 6.04 Å². The maximum absolute atomic E-state index is 10.9. The van der Waals surface area contributed by atoms with Gasteiger partial charge in [-0.1, -0.05) is 0 Å². The first-order valence-corrected chi connectivity index (χ1v) is 6.70. The molecule has 1 fully saturated rings. The first kappa shape index (κ1) is 12.8. The van der Waals surface area contributed by atoms with Gasteiger partial charge in [-0.25, -0.2) is 0 Å². The molecule has 1 aliphatic heterocycles. The normalized spacial score (nSPS) is 22.9. The summed E-state index contributed by atoms with van der Waals surface area (Å²) < 4.78 is 5.43. The van der Waals surface area contributed by atoms with E-state index in [-0.39, 0.29) is 6.10 Å². The van der Waals surface area contributed by atoms with E-state index in [1.807, 2.05) is 6.26 Å². The number of ether oxygens (including phenoxy) is 1. The van der Waals surface area contributed by atoms with Crippen molar-refractivity contribution in [3.8, 4) is 0 Å². The minimum atomic E-state index is -0.762. The molecule has 0 amide bonds. The van der Waals surface area contributed by atoms with E-state index in [1.165, 1.54) is 0 Å². The van der Waals surface area contributed by atoms with E-state index in [0.717, 1.165) is 25.2 Å². The lowest BCUT2D eigenvalue weighted by Gasteiger charge is -2.16. The smallest absolute Gasteiger partial charge is 0.320 e. The van der Waals surface area contributed by atoms with E-state index in [1.54, 1.807) is 11.8 Å². The van der Waals surface area contributed by atoms with Crippen molar-refractivity contribution < 1.29 is 14.6 Å². The van der Waals surface area contributed by atoms with Gasteiger partial charge in [0.15, 0.2) is 0 Å². The van der Waals surface area contributed by atoms with Gasteiger partial charge in [0.25, 0.3) is 0 Å². The van der Waals surface area contributed by atoms with Crippen LogP contribution in [0.1, 0.15) is 19.3 Å². The zero-order valence-electron chi connectivity index (χ0n) is 9.07. The number of thioether (sulfide) groups is 1. The van der Waals surface area contributed by atoms with Crippen molar-refractivity contribution in [3.63, 3.8) is 0 Å². The number of hydrogen-bond acceptors (Lipinski definition) is 4. The van der Waals surface area contributed by atoms with Gasteiger partial charge < -0.3 is 15.2 Å². The van der Waals surface area contributed by atoms with Gasteiger partial charge in [0.2, 0.25) is 0 Å². The topological polar surface area (TPSA) is 58.6 Å². The zero-order chi connectivity index (χ0) is 11.1. The number of carboxylic acid groups (broad SMARTS) is 1. The van der Waals surface area contributed by atoms with Crippen molar-refractivity contribution >= 4 is 17.7 Å². The molecule has 15 heavy (non-hydrogen) atoms. The molecule has 0 bridgehead atoms. The molecule has 4 nitrogen and oxygen atoms in total. The predicted octanol–water partition coefficient (Wildman–Crippen LogP) is 0.961. The van der Waals surface area contributed by atoms with Crippen LogP contribution in [0, 0.1) is 0 Å². The Morgan fingerprint density at radius 3 is 3.07 bits per heavy atom. The first-order valence-electron chi connectivity index (χ1n) is 5.30. The van der Waals surface area contributed by atoms with Crippen molar-refractivity contribution in [1.82, 2.24) is 5.32 Å². The maximum Gasteiger partial charge on any atom is 0.320 e. The highest BCUT2D eigenvalue weighted by Gasteiger charge is 2.20. The van der Waals surface area contributed by atoms with Crippen LogP contribution in [0.3, 0.4) is 0 Å². The summed E-state index contributed by atoms with van der Waals surface area (Å²) in [5.41, 5.74) is 0. The summed E-state index contributed by atoms with van der Waals surface area (Å²) in [5.74, 6) is 0.109. The highest BCUT2D eigenvalue weighted by Crippen LogP contribution is 2.11. The molecule has 0 aromatic heterocycles. The SMILES string of the molecule is CSCC[C@H](NCC1CCCO1)C(=O)O. The van der Waals surface area contributed by atoms with Gasteiger partial charge >= 0.3 is 5.97 Å². The monoisotopic (exact) mass is 233 g/mol. The largest absolute Gasteiger partial charge is 0.480 e. The Morgan fingerprint density at radius 2 is 2.53 bits per heavy atom. The predicted molar refractivity (Wildman–Crippen MR) is 61.4 cm³/mol. The summed E-state index contributed by atoms with van der Waals surface area (Å²) >= 11 is 1.67. The van der Waals surface area contributed by atoms with Crippen LogP contribution in [0.15, 0.2) is 0 Å². The van der Waals surface area contributed by atoms with Crippen LogP contribution in [-0.4, -0.2) is 48.4 Å². The number of carboxylic acids is 1. The van der Waals surface area contributed by atoms with Gasteiger partial charge in [-0.2, -0.15) is 11.8 Å². The van der Waals surface area contributed by atoms with Crippen LogP contribution in [0.5, 0.6) is 0 Å². The van der Waals surface area contributed by atoms with E-state index in [4.69, 9.17) is 9.84 Å². The Kier molecular flexibility index (Phi) is 6.05. The number of nitrogens with one attached hydrogen (secondary N) is 1. The van der Waals surface area contributed by atoms with E-state index in [0.29, 0.717) is 13.0 Å². The van der Waals surface area contributed by atoms with Crippen molar-refractivity contribution in [3.05, 3.63) is 0 Å². The number of rotatable bonds is 7. The summed E-state index contributed by atoms with van der Waals surface area (Å²) in [7, 11) is 0. The minimum absolute atomic E-state index is 0.209. The summed E-state index contributed by atoms with van der Waals surface area (Å²) in [6.07, 6.45) is 5.00. The van der Waals surface area contributed by atoms with E-state index in [2.05, 4.69) is 5.32 Å². The second-order valence-corrected chi connectivity index (χ2v) is 4.70. The lowest BCUT2D eigenvalue weighted by atomic mass is 10.2. The number of aliphatic carboxylic acids is 1. The fraction of sp³-hybridized carbons (Fsp3) is 0.900. The fourth-order valence-electron chi connectivity index (χ4n) is 1.63. The summed E-state index contributed by atoms with van der Waals surface area (Å²) in [4.78, 5) is 10.9. The molecule has 88 valence electrons. The molecule has 0 aromatic rings. The Balaban J connectivity index is 2.20. The molecule has 1 rings (SSSR count). The third-order valence-electron chi connectivity index (χ3n) is 2.52. The molecule has 0 spiro atoms. The quantitative estimate of drug-likeness (QED) is 0.686. The molecule has 0 saturated carbocycles. The standard InChI is InChI=1S/C10H19NO3S/c1-15-6-4-9(10(12)13)11-7-8-3-2-5-14-8/h8-9,11H,2-7H2,1H3,(H,12,13)/t8?,9-/m0/s1. The first-order chi connectivity index (χ1) is 7.24. The van der Waals surface area contributed by atoms with Crippen LogP contribution in [0.4, 0.5) is 0 Å². The average molecular weight is 233 g/mol. The van der Waals surface area contributed by atoms with Crippen LogP contribution in [0.2, 0.25) is 0 Å². The second-order valence-electron chi connectivity index (χ2n) is 3.72. The highest BCUT2D eigenvalue weighted by molar-refractivity contribution is 7.98. The average Bonchev–Trinajstić information content (AvgIpc) is 2.70. The Morgan fingerprint density at radius 1 is 1.73 bits per heavy atom. The van der Waals surface area contributed by atoms with E-state index in [9.17, 15) is 4.79 Å². The lowest BCUT2D eigenvalue weighted by Crippen LogP contribution is -2.41. The summed E-state index contributed by atoms with van der Waals surface area (Å²) in [6.45, 7) is 1.47. The van der Waals surface area contributed by atoms with Crippen molar-refractivity contribution in [1.29, 1.82) is 0 Å². The van der Waals surface area contributed by atoms with E-state index < -0.39 is 12.0 Å². The Labute approximate surface area is 94.8 Å². The molecule has 0 aliphatic carbocycles. The van der Waals surface area contributed by atoms with Crippen molar-refractivity contribution in [2.24, 2.45) is 0 Å². The van der Waals surface area contributed by atoms with Gasteiger partial charge in [-0.15, -0.1) is 0 Å². The third kappa shape index (κ3) is 4.86. The zero-order valence-corrected chi connectivity index (χ0v) is 9.89. The van der Waals surface area contributed by atoms with Gasteiger partial charge in [0.05, 0.1) is 6.10 Å². The minimum Gasteiger partial charge on any atom is -0.480 e. The Hall–Kier alpha value is -0.260. The molecular formula is C10H19NO3S. The maximum atomic E-state index is 10.9. The van der Waals surface area contributed by atoms with Crippen molar-refractivity contribution in [2.45, 2.75) is 31.4 Å². The van der Waals surface area contributed by atoms with Gasteiger partial charge in [0, 0.05) is 13.2 Å². The molecule has 1 aliphatic rings. The fourth-order valence-corrected chi connectivity index (χ4v) is 2.10. The van der Waals surface area contributed by atoms with Crippen LogP contribution < -0.4 is 5.32 Å². The lowest BCUT2D eigenvalue weighted by molar-refractivity contribution is -0.139. The number of hydrogen-bond donors (Lipinski definition) is 2. The molecule has 1 saturated heterocycles. The molecule has 0 radical (unpaired) electrons. The van der Waals surface area contributed by atoms with Gasteiger partial charge in [-0.05, 0) is 31.3 Å². The van der Waals surface area contributed by atoms with Crippen LogP contribution >= 0.6 is 11.8 Å². The summed E-state index contributed by atoms with van der Waals surface area (Å²) in [6, 6.07) is -0.429. The third-order valence-corrected chi connectivity index (χ3v) is 3.17. The molecule has 2 N–H and O–H groups in total. The molecule has 1 heterocycles. The number of carbonyl (C=O) groups is 1. The van der Waals surface area contributed by atoms with Crippen molar-refractivity contribution in [2.75, 3.05) is 25.2 Å². The second kappa shape index (κ2) is 7.09. The van der Waals surface area contributed by atoms with Crippen LogP contribution in [0.25, 0.3) is 0 Å². The molecule has 5 heteroatoms. The molecule has 0 aromatic carbocycles. The molecule has 1 unspecified atom stereocenters. The summed E-state index contributed by atoms with van der Waals surface area (Å²) in [5, 5.41) is 12.0. The molecule has 2 atom stereocenters. The Bertz CT molecular complexity index is 195. The molecular weight excluding hydrogens is 214 g/mol. The van der Waals surface area contributed by atoms with Gasteiger partial charge in [-0.3, -0.25) is 4.79 Å².